The number of nitrogens with zero attached hydrogens (tertiary/aromatic N) is 3. The molecule has 0 spiro atoms. The minimum absolute atomic E-state index is 0.0205. The van der Waals surface area contributed by atoms with Gasteiger partial charge in [-0.2, -0.15) is 0 Å². The Bertz CT molecular complexity index is 878. The molecule has 0 amide bonds. The zero-order chi connectivity index (χ0) is 21.4. The number of hydrogen-bond donors (Lipinski definition) is 0. The number of alkyl halides is 2. The van der Waals surface area contributed by atoms with E-state index in [1.54, 1.807) is 4.31 Å². The largest absolute Gasteiger partial charge is 0.327 e. The number of imidazole rings is 1. The molecule has 0 radical (unpaired) electrons. The van der Waals surface area contributed by atoms with Crippen molar-refractivity contribution in [2.45, 2.75) is 77.7 Å². The molecule has 0 aliphatic heterocycles. The lowest BCUT2D eigenvalue weighted by Crippen LogP contribution is -2.28. The first-order chi connectivity index (χ1) is 13.5. The van der Waals surface area contributed by atoms with Gasteiger partial charge in [0.05, 0.1) is 16.7 Å². The summed E-state index contributed by atoms with van der Waals surface area (Å²) in [4.78, 5) is 4.92. The van der Waals surface area contributed by atoms with Crippen molar-refractivity contribution in [1.82, 2.24) is 9.55 Å². The van der Waals surface area contributed by atoms with Gasteiger partial charge in [0.1, 0.15) is 16.8 Å². The first kappa shape index (κ1) is 22.2. The fraction of sp³-hybridized carbons (Fsp3) is 0.682. The van der Waals surface area contributed by atoms with E-state index < -0.39 is 16.9 Å². The van der Waals surface area contributed by atoms with Gasteiger partial charge in [-0.25, -0.2) is 18.0 Å². The molecule has 7 heteroatoms. The maximum Gasteiger partial charge on any atom is 0.248 e. The van der Waals surface area contributed by atoms with Crippen molar-refractivity contribution in [3.63, 3.8) is 0 Å². The minimum atomic E-state index is -2.51. The van der Waals surface area contributed by atoms with Crippen LogP contribution in [0.1, 0.15) is 65.6 Å². The average molecular weight is 426 g/mol. The van der Waals surface area contributed by atoms with E-state index in [2.05, 4.69) is 25.3 Å². The second-order valence-corrected chi connectivity index (χ2v) is 10.9. The summed E-state index contributed by atoms with van der Waals surface area (Å²) in [6.45, 7) is 9.12. The van der Waals surface area contributed by atoms with E-state index in [0.717, 1.165) is 35.5 Å². The van der Waals surface area contributed by atoms with Gasteiger partial charge in [0.2, 0.25) is 5.92 Å². The van der Waals surface area contributed by atoms with Crippen LogP contribution in [0.5, 0.6) is 0 Å². The zero-order valence-electron chi connectivity index (χ0n) is 18.2. The summed E-state index contributed by atoms with van der Waals surface area (Å²) >= 11 is 0. The van der Waals surface area contributed by atoms with Gasteiger partial charge in [-0.05, 0) is 43.4 Å². The second-order valence-electron chi connectivity index (χ2n) is 9.29. The smallest absolute Gasteiger partial charge is 0.248 e. The molecule has 1 fully saturated rings. The molecule has 1 unspecified atom stereocenters. The Morgan fingerprint density at radius 1 is 1.28 bits per heavy atom. The molecule has 29 heavy (non-hydrogen) atoms. The van der Waals surface area contributed by atoms with Crippen molar-refractivity contribution < 1.29 is 13.0 Å². The molecule has 0 bridgehead atoms. The third-order valence-corrected chi connectivity index (χ3v) is 7.31. The van der Waals surface area contributed by atoms with E-state index in [1.165, 1.54) is 0 Å². The van der Waals surface area contributed by atoms with Gasteiger partial charge in [-0.15, -0.1) is 0 Å². The molecule has 1 aromatic carbocycles. The standard InChI is InChI=1S/C22H33F2N3OS/c1-6-13-29(28)26(5)17-7-8-19-18(14-17)25-20(21(2,3)4)27(19)15-16-9-11-22(23,24)12-10-16/h7-8,14,16H,6,9-13,15H2,1-5H3. The second kappa shape index (κ2) is 8.32. The molecule has 1 heterocycles. The minimum Gasteiger partial charge on any atom is -0.327 e. The van der Waals surface area contributed by atoms with Crippen LogP contribution in [0.4, 0.5) is 14.5 Å². The summed E-state index contributed by atoms with van der Waals surface area (Å²) in [5.41, 5.74) is 2.61. The number of halogens is 2. The van der Waals surface area contributed by atoms with E-state index in [0.29, 0.717) is 18.6 Å². The van der Waals surface area contributed by atoms with E-state index in [1.807, 2.05) is 32.2 Å². The molecular formula is C22H33F2N3OS. The predicted molar refractivity (Wildman–Crippen MR) is 117 cm³/mol. The van der Waals surface area contributed by atoms with Crippen molar-refractivity contribution in [2.75, 3.05) is 17.1 Å². The Morgan fingerprint density at radius 3 is 2.52 bits per heavy atom. The molecule has 1 atom stereocenters. The normalized spacial score (nSPS) is 18.9. The summed E-state index contributed by atoms with van der Waals surface area (Å²) < 4.78 is 43.5. The maximum absolute atomic E-state index is 13.6. The third kappa shape index (κ3) is 4.98. The number of hydrogen-bond acceptors (Lipinski definition) is 2. The number of benzene rings is 1. The third-order valence-electron chi connectivity index (χ3n) is 5.73. The van der Waals surface area contributed by atoms with Gasteiger partial charge in [0.25, 0.3) is 0 Å². The molecule has 2 aromatic rings. The monoisotopic (exact) mass is 425 g/mol. The Morgan fingerprint density at radius 2 is 1.93 bits per heavy atom. The lowest BCUT2D eigenvalue weighted by molar-refractivity contribution is -0.0473. The fourth-order valence-corrected chi connectivity index (χ4v) is 5.01. The van der Waals surface area contributed by atoms with Crippen molar-refractivity contribution in [3.05, 3.63) is 24.0 Å². The highest BCUT2D eigenvalue weighted by Gasteiger charge is 2.35. The van der Waals surface area contributed by atoms with Crippen LogP contribution in [0, 0.1) is 5.92 Å². The van der Waals surface area contributed by atoms with Crippen LogP contribution < -0.4 is 4.31 Å². The summed E-state index contributed by atoms with van der Waals surface area (Å²) in [7, 11) is 0.784. The van der Waals surface area contributed by atoms with E-state index >= 15 is 0 Å². The van der Waals surface area contributed by atoms with Crippen molar-refractivity contribution in [1.29, 1.82) is 0 Å². The number of rotatable bonds is 6. The van der Waals surface area contributed by atoms with Gasteiger partial charge in [0.15, 0.2) is 0 Å². The molecule has 4 nitrogen and oxygen atoms in total. The van der Waals surface area contributed by atoms with Crippen LogP contribution >= 0.6 is 0 Å². The van der Waals surface area contributed by atoms with Crippen molar-refractivity contribution >= 4 is 27.7 Å². The van der Waals surface area contributed by atoms with E-state index in [4.69, 9.17) is 4.98 Å². The highest BCUT2D eigenvalue weighted by atomic mass is 32.2. The van der Waals surface area contributed by atoms with E-state index in [9.17, 15) is 13.0 Å². The van der Waals surface area contributed by atoms with E-state index in [-0.39, 0.29) is 24.2 Å². The first-order valence-corrected chi connectivity index (χ1v) is 11.8. The van der Waals surface area contributed by atoms with Crippen LogP contribution in [-0.2, 0) is 22.9 Å². The van der Waals surface area contributed by atoms with Crippen LogP contribution in [0.25, 0.3) is 11.0 Å². The van der Waals surface area contributed by atoms with Crippen LogP contribution in [-0.4, -0.2) is 32.5 Å². The van der Waals surface area contributed by atoms with Gasteiger partial charge in [0, 0.05) is 37.6 Å². The molecule has 1 aromatic heterocycles. The Hall–Kier alpha value is -1.50. The number of aromatic nitrogens is 2. The topological polar surface area (TPSA) is 38.1 Å². The van der Waals surface area contributed by atoms with Crippen LogP contribution in [0.15, 0.2) is 18.2 Å². The molecule has 0 N–H and O–H groups in total. The van der Waals surface area contributed by atoms with Gasteiger partial charge >= 0.3 is 0 Å². The average Bonchev–Trinajstić information content (AvgIpc) is 3.01. The van der Waals surface area contributed by atoms with Crippen molar-refractivity contribution in [2.24, 2.45) is 5.92 Å². The molecule has 1 aliphatic rings. The molecular weight excluding hydrogens is 392 g/mol. The van der Waals surface area contributed by atoms with Gasteiger partial charge in [-0.3, -0.25) is 4.31 Å². The fourth-order valence-electron chi connectivity index (χ4n) is 4.04. The SMILES string of the molecule is CCCS(=O)N(C)c1ccc2c(c1)nc(C(C)(C)C)n2CC1CCC(F)(F)CC1. The molecule has 1 saturated carbocycles. The highest BCUT2D eigenvalue weighted by Crippen LogP contribution is 2.38. The Kier molecular flexibility index (Phi) is 6.37. The number of anilines is 1. The van der Waals surface area contributed by atoms with Crippen LogP contribution in [0.2, 0.25) is 0 Å². The quantitative estimate of drug-likeness (QED) is 0.598. The maximum atomic E-state index is 13.6. The van der Waals surface area contributed by atoms with Gasteiger partial charge < -0.3 is 4.57 Å². The predicted octanol–water partition coefficient (Wildman–Crippen LogP) is 5.67. The summed E-state index contributed by atoms with van der Waals surface area (Å²) in [5.74, 6) is -0.664. The molecule has 1 aliphatic carbocycles. The molecule has 162 valence electrons. The summed E-state index contributed by atoms with van der Waals surface area (Å²) in [6, 6.07) is 6.00. The Labute approximate surface area is 175 Å². The zero-order valence-corrected chi connectivity index (χ0v) is 19.0. The highest BCUT2D eigenvalue weighted by molar-refractivity contribution is 7.86. The first-order valence-electron chi connectivity index (χ1n) is 10.5. The number of fused-ring (bicyclic) bond motifs is 1. The summed E-state index contributed by atoms with van der Waals surface area (Å²) in [5, 5.41) is 0. The molecule has 0 saturated heterocycles. The van der Waals surface area contributed by atoms with Crippen LogP contribution in [0.3, 0.4) is 0 Å². The lowest BCUT2D eigenvalue weighted by Gasteiger charge is -2.30. The summed E-state index contributed by atoms with van der Waals surface area (Å²) in [6.07, 6.45) is 1.92. The lowest BCUT2D eigenvalue weighted by atomic mass is 9.86. The van der Waals surface area contributed by atoms with Gasteiger partial charge in [-0.1, -0.05) is 27.7 Å². The molecule has 3 rings (SSSR count). The Balaban J connectivity index is 1.94. The van der Waals surface area contributed by atoms with Crippen molar-refractivity contribution in [3.8, 4) is 0 Å².